The van der Waals surface area contributed by atoms with Crippen molar-refractivity contribution in [3.8, 4) is 0 Å². The van der Waals surface area contributed by atoms with Crippen LogP contribution in [0.1, 0.15) is 55.8 Å². The maximum atomic E-state index is 13.9. The SMILES string of the molecule is C[C@H](CO)NS(=O)(=O)c1ccc(C(=O)Nc2cc3ccn(C)c3c(N3CCC(F)(F)CC3)n2)c(N2CCC3(CC2)CC3)c1. The molecule has 1 spiro atoms. The number of anilines is 3. The molecular formula is C30H38F2N6O4S. The van der Waals surface area contributed by atoms with Gasteiger partial charge in [-0.25, -0.2) is 26.9 Å². The van der Waals surface area contributed by atoms with Crippen LogP contribution in [-0.2, 0) is 17.1 Å². The summed E-state index contributed by atoms with van der Waals surface area (Å²) in [5, 5.41) is 13.1. The number of benzene rings is 1. The number of aromatic nitrogens is 2. The van der Waals surface area contributed by atoms with Gasteiger partial charge >= 0.3 is 0 Å². The number of aliphatic hydroxyl groups excluding tert-OH is 1. The van der Waals surface area contributed by atoms with Crippen LogP contribution in [-0.4, -0.2) is 73.7 Å². The van der Waals surface area contributed by atoms with Gasteiger partial charge in [-0.05, 0) is 68.4 Å². The number of sulfonamides is 1. The summed E-state index contributed by atoms with van der Waals surface area (Å²) in [5.74, 6) is -2.33. The molecule has 1 aromatic carbocycles. The van der Waals surface area contributed by atoms with E-state index in [0.29, 0.717) is 35.6 Å². The van der Waals surface area contributed by atoms with Gasteiger partial charge in [0.2, 0.25) is 10.0 Å². The van der Waals surface area contributed by atoms with Gasteiger partial charge in [-0.3, -0.25) is 4.79 Å². The number of hydrogen-bond acceptors (Lipinski definition) is 7. The van der Waals surface area contributed by atoms with Gasteiger partial charge in [0, 0.05) is 63.7 Å². The van der Waals surface area contributed by atoms with Crippen molar-refractivity contribution in [3.63, 3.8) is 0 Å². The average Bonchev–Trinajstić information content (AvgIpc) is 3.62. The third kappa shape index (κ3) is 6.07. The van der Waals surface area contributed by atoms with Crippen molar-refractivity contribution >= 4 is 44.2 Å². The molecular weight excluding hydrogens is 578 g/mol. The van der Waals surface area contributed by atoms with E-state index in [1.807, 2.05) is 28.8 Å². The van der Waals surface area contributed by atoms with Gasteiger partial charge in [0.15, 0.2) is 5.82 Å². The molecule has 3 fully saturated rings. The van der Waals surface area contributed by atoms with Crippen molar-refractivity contribution in [3.05, 3.63) is 42.1 Å². The highest BCUT2D eigenvalue weighted by molar-refractivity contribution is 7.89. The van der Waals surface area contributed by atoms with E-state index in [1.54, 1.807) is 13.0 Å². The molecule has 3 aromatic rings. The van der Waals surface area contributed by atoms with E-state index in [4.69, 9.17) is 4.98 Å². The predicted molar refractivity (Wildman–Crippen MR) is 161 cm³/mol. The second-order valence-corrected chi connectivity index (χ2v) is 14.1. The van der Waals surface area contributed by atoms with Crippen molar-refractivity contribution in [1.29, 1.82) is 0 Å². The number of amides is 1. The molecule has 0 bridgehead atoms. The molecule has 2 aliphatic heterocycles. The summed E-state index contributed by atoms with van der Waals surface area (Å²) < 4.78 is 58.3. The molecule has 3 aliphatic rings. The van der Waals surface area contributed by atoms with Crippen LogP contribution in [0.15, 0.2) is 41.4 Å². The zero-order chi connectivity index (χ0) is 30.6. The van der Waals surface area contributed by atoms with Crippen molar-refractivity contribution in [1.82, 2.24) is 14.3 Å². The van der Waals surface area contributed by atoms with Crippen molar-refractivity contribution in [2.24, 2.45) is 12.5 Å². The fourth-order valence-electron chi connectivity index (χ4n) is 6.21. The van der Waals surface area contributed by atoms with Crippen molar-refractivity contribution in [2.75, 3.05) is 47.9 Å². The lowest BCUT2D eigenvalue weighted by Crippen LogP contribution is -2.40. The van der Waals surface area contributed by atoms with Crippen LogP contribution in [0.3, 0.4) is 0 Å². The lowest BCUT2D eigenvalue weighted by Gasteiger charge is -2.35. The molecule has 1 aliphatic carbocycles. The second kappa shape index (κ2) is 11.0. The average molecular weight is 617 g/mol. The third-order valence-corrected chi connectivity index (χ3v) is 10.7. The Labute approximate surface area is 250 Å². The standard InChI is InChI=1S/C30H38F2N6O4S/c1-20(19-39)35-43(41,42)22-3-4-23(24(18-22)37-13-8-29(6-7-29)9-14-37)28(40)34-25-17-21-5-12-36(2)26(21)27(33-25)38-15-10-30(31,32)11-16-38/h3-5,12,17-18,20,35,39H,6-11,13-16,19H2,1-2H3,(H,33,34,40)/t20-/m1/s1. The van der Waals surface area contributed by atoms with Crippen LogP contribution in [0.5, 0.6) is 0 Å². The van der Waals surface area contributed by atoms with Gasteiger partial charge in [-0.15, -0.1) is 0 Å². The number of carbonyl (C=O) groups is 1. The summed E-state index contributed by atoms with van der Waals surface area (Å²) in [6, 6.07) is 7.41. The van der Waals surface area contributed by atoms with E-state index in [0.717, 1.165) is 23.7 Å². The Kier molecular flexibility index (Phi) is 7.62. The van der Waals surface area contributed by atoms with Crippen LogP contribution < -0.4 is 19.8 Å². The maximum Gasteiger partial charge on any atom is 0.258 e. The van der Waals surface area contributed by atoms with E-state index in [9.17, 15) is 27.1 Å². The number of carbonyl (C=O) groups excluding carboxylic acids is 1. The number of hydrogen-bond donors (Lipinski definition) is 3. The Balaban J connectivity index is 1.32. The van der Waals surface area contributed by atoms with E-state index >= 15 is 0 Å². The topological polar surface area (TPSA) is 120 Å². The predicted octanol–water partition coefficient (Wildman–Crippen LogP) is 4.10. The Morgan fingerprint density at radius 3 is 2.35 bits per heavy atom. The van der Waals surface area contributed by atoms with Crippen LogP contribution in [0.2, 0.25) is 0 Å². The lowest BCUT2D eigenvalue weighted by molar-refractivity contribution is -0.0221. The van der Waals surface area contributed by atoms with Gasteiger partial charge in [0.1, 0.15) is 5.82 Å². The van der Waals surface area contributed by atoms with Gasteiger partial charge in [-0.1, -0.05) is 0 Å². The number of nitrogens with one attached hydrogen (secondary N) is 2. The second-order valence-electron chi connectivity index (χ2n) is 12.4. The molecule has 1 atom stereocenters. The summed E-state index contributed by atoms with van der Waals surface area (Å²) in [6.45, 7) is 2.94. The van der Waals surface area contributed by atoms with Crippen LogP contribution in [0.25, 0.3) is 10.9 Å². The van der Waals surface area contributed by atoms with E-state index in [1.165, 1.54) is 31.0 Å². The van der Waals surface area contributed by atoms with E-state index in [2.05, 4.69) is 14.9 Å². The van der Waals surface area contributed by atoms with Crippen LogP contribution >= 0.6 is 0 Å². The molecule has 2 saturated heterocycles. The summed E-state index contributed by atoms with van der Waals surface area (Å²) in [7, 11) is -2.07. The normalized spacial score (nSPS) is 20.4. The zero-order valence-electron chi connectivity index (χ0n) is 24.4. The van der Waals surface area contributed by atoms with Crippen LogP contribution in [0.4, 0.5) is 26.1 Å². The molecule has 0 unspecified atom stereocenters. The number of halogens is 2. The summed E-state index contributed by atoms with van der Waals surface area (Å²) >= 11 is 0. The minimum atomic E-state index is -3.93. The van der Waals surface area contributed by atoms with Gasteiger partial charge in [0.25, 0.3) is 11.8 Å². The van der Waals surface area contributed by atoms with E-state index < -0.39 is 27.9 Å². The fourth-order valence-corrected chi connectivity index (χ4v) is 7.47. The first kappa shape index (κ1) is 29.8. The highest BCUT2D eigenvalue weighted by atomic mass is 32.2. The number of piperidine rings is 2. The minimum Gasteiger partial charge on any atom is -0.395 e. The Morgan fingerprint density at radius 2 is 1.70 bits per heavy atom. The molecule has 2 aromatic heterocycles. The molecule has 43 heavy (non-hydrogen) atoms. The van der Waals surface area contributed by atoms with Crippen molar-refractivity contribution in [2.45, 2.75) is 62.3 Å². The molecule has 1 amide bonds. The Hall–Kier alpha value is -3.29. The minimum absolute atomic E-state index is 0.0130. The maximum absolute atomic E-state index is 13.9. The first-order chi connectivity index (χ1) is 20.4. The number of fused-ring (bicyclic) bond motifs is 1. The number of alkyl halides is 2. The highest BCUT2D eigenvalue weighted by Crippen LogP contribution is 2.54. The Bertz CT molecular complexity index is 1640. The number of aliphatic hydroxyl groups is 1. The fraction of sp³-hybridized carbons (Fsp3) is 0.533. The largest absolute Gasteiger partial charge is 0.395 e. The Morgan fingerprint density at radius 1 is 1.02 bits per heavy atom. The first-order valence-electron chi connectivity index (χ1n) is 14.8. The van der Waals surface area contributed by atoms with E-state index in [-0.39, 0.29) is 43.3 Å². The van der Waals surface area contributed by atoms with Gasteiger partial charge < -0.3 is 24.8 Å². The molecule has 232 valence electrons. The van der Waals surface area contributed by atoms with Crippen LogP contribution in [0, 0.1) is 5.41 Å². The number of aryl methyl sites for hydroxylation is 1. The summed E-state index contributed by atoms with van der Waals surface area (Å²) in [5.41, 5.74) is 2.01. The van der Waals surface area contributed by atoms with Gasteiger partial charge in [0.05, 0.1) is 28.3 Å². The molecule has 13 heteroatoms. The first-order valence-corrected chi connectivity index (χ1v) is 16.3. The zero-order valence-corrected chi connectivity index (χ0v) is 25.3. The molecule has 3 N–H and O–H groups in total. The monoisotopic (exact) mass is 616 g/mol. The molecule has 10 nitrogen and oxygen atoms in total. The third-order valence-electron chi connectivity index (χ3n) is 9.15. The quantitative estimate of drug-likeness (QED) is 0.349. The summed E-state index contributed by atoms with van der Waals surface area (Å²) in [6.07, 6.45) is 5.71. The van der Waals surface area contributed by atoms with Gasteiger partial charge in [-0.2, -0.15) is 0 Å². The smallest absolute Gasteiger partial charge is 0.258 e. The molecule has 1 saturated carbocycles. The highest BCUT2D eigenvalue weighted by Gasteiger charge is 2.45. The van der Waals surface area contributed by atoms with Crippen molar-refractivity contribution < 1.29 is 27.1 Å². The summed E-state index contributed by atoms with van der Waals surface area (Å²) in [4.78, 5) is 22.5. The molecule has 0 radical (unpaired) electrons. The number of nitrogens with zero attached hydrogens (tertiary/aromatic N) is 4. The molecule has 4 heterocycles. The molecule has 6 rings (SSSR count). The lowest BCUT2D eigenvalue weighted by atomic mass is 9.93. The number of pyridine rings is 1. The number of rotatable bonds is 8.